The van der Waals surface area contributed by atoms with Crippen LogP contribution < -0.4 is 11.3 Å². The van der Waals surface area contributed by atoms with Crippen LogP contribution in [-0.4, -0.2) is 10.9 Å². The molecule has 0 spiro atoms. The van der Waals surface area contributed by atoms with Crippen LogP contribution in [0.3, 0.4) is 0 Å². The number of amides is 1. The van der Waals surface area contributed by atoms with Crippen LogP contribution in [-0.2, 0) is 0 Å². The van der Waals surface area contributed by atoms with Crippen molar-refractivity contribution in [3.8, 4) is 0 Å². The van der Waals surface area contributed by atoms with Gasteiger partial charge in [0.15, 0.2) is 0 Å². The number of primary amides is 1. The number of pyridine rings is 1. The van der Waals surface area contributed by atoms with Crippen LogP contribution in [0.1, 0.15) is 15.9 Å². The van der Waals surface area contributed by atoms with Gasteiger partial charge in [-0.25, -0.2) is 0 Å². The van der Waals surface area contributed by atoms with Crippen LogP contribution in [0.2, 0.25) is 10.0 Å². The first kappa shape index (κ1) is 17.1. The third-order valence-electron chi connectivity index (χ3n) is 3.20. The normalized spacial score (nSPS) is 10.0. The molecule has 2 aromatic carbocycles. The lowest BCUT2D eigenvalue weighted by atomic mass is 10.1. The zero-order valence-corrected chi connectivity index (χ0v) is 13.8. The van der Waals surface area contributed by atoms with E-state index in [0.29, 0.717) is 21.0 Å². The number of aromatic amines is 1. The van der Waals surface area contributed by atoms with E-state index < -0.39 is 5.91 Å². The number of hydrogen-bond donors (Lipinski definition) is 2. The number of rotatable bonds is 1. The molecule has 0 saturated heterocycles. The lowest BCUT2D eigenvalue weighted by Crippen LogP contribution is -2.12. The number of aromatic nitrogens is 1. The number of hydrogen-bond acceptors (Lipinski definition) is 2. The van der Waals surface area contributed by atoms with E-state index in [0.717, 1.165) is 10.9 Å². The third-order valence-corrected chi connectivity index (χ3v) is 3.67. The molecule has 0 bridgehead atoms. The van der Waals surface area contributed by atoms with E-state index in [1.165, 1.54) is 0 Å². The number of nitrogens with two attached hydrogens (primary N) is 1. The highest BCUT2D eigenvalue weighted by Gasteiger charge is 2.03. The van der Waals surface area contributed by atoms with E-state index in [-0.39, 0.29) is 5.56 Å². The van der Waals surface area contributed by atoms with Gasteiger partial charge in [0.1, 0.15) is 0 Å². The number of fused-ring (bicyclic) bond motifs is 1. The first-order chi connectivity index (χ1) is 10.9. The van der Waals surface area contributed by atoms with Gasteiger partial charge in [-0.2, -0.15) is 0 Å². The number of H-pyrrole nitrogens is 1. The highest BCUT2D eigenvalue weighted by Crippen LogP contribution is 2.15. The molecule has 0 aliphatic heterocycles. The molecule has 0 radical (unpaired) electrons. The van der Waals surface area contributed by atoms with Gasteiger partial charge < -0.3 is 10.7 Å². The van der Waals surface area contributed by atoms with Crippen LogP contribution in [0.15, 0.2) is 53.5 Å². The van der Waals surface area contributed by atoms with Crippen LogP contribution >= 0.6 is 23.2 Å². The monoisotopic (exact) mass is 348 g/mol. The molecule has 0 atom stereocenters. The molecule has 0 unspecified atom stereocenters. The fraction of sp³-hybridized carbons (Fsp3) is 0.0588. The molecule has 118 valence electrons. The Kier molecular flexibility index (Phi) is 5.42. The summed E-state index contributed by atoms with van der Waals surface area (Å²) >= 11 is 11.4. The quantitative estimate of drug-likeness (QED) is 0.698. The molecule has 1 amide bonds. The maximum absolute atomic E-state index is 11.2. The SMILES string of the molecule is Cc1ccc(Cl)cc1C(N)=O.O=c1[nH]ccc2ccc(Cl)cc12. The summed E-state index contributed by atoms with van der Waals surface area (Å²) in [5, 5.41) is 2.65. The minimum absolute atomic E-state index is 0.102. The van der Waals surface area contributed by atoms with Crippen molar-refractivity contribution in [2.75, 3.05) is 0 Å². The van der Waals surface area contributed by atoms with Gasteiger partial charge in [-0.1, -0.05) is 35.3 Å². The first-order valence-electron chi connectivity index (χ1n) is 6.71. The van der Waals surface area contributed by atoms with Crippen molar-refractivity contribution >= 4 is 39.9 Å². The standard InChI is InChI=1S/C9H6ClNO.C8H8ClNO/c10-7-2-1-6-3-4-11-9(12)8(6)5-7;1-5-2-3-6(9)4-7(5)8(10)11/h1-5H,(H,11,12);2-4H,1H3,(H2,10,11). The van der Waals surface area contributed by atoms with Crippen LogP contribution in [0, 0.1) is 6.92 Å². The van der Waals surface area contributed by atoms with Gasteiger partial charge in [-0.05, 0) is 48.2 Å². The first-order valence-corrected chi connectivity index (χ1v) is 7.47. The van der Waals surface area contributed by atoms with Gasteiger partial charge in [0.25, 0.3) is 5.56 Å². The Morgan fingerprint density at radius 3 is 2.35 bits per heavy atom. The fourth-order valence-electron chi connectivity index (χ4n) is 2.02. The van der Waals surface area contributed by atoms with Gasteiger partial charge in [0, 0.05) is 27.2 Å². The van der Waals surface area contributed by atoms with E-state index in [1.54, 1.807) is 36.5 Å². The lowest BCUT2D eigenvalue weighted by molar-refractivity contribution is 0.0999. The molecule has 3 N–H and O–H groups in total. The number of carbonyl (C=O) groups is 1. The average Bonchev–Trinajstić information content (AvgIpc) is 2.51. The topological polar surface area (TPSA) is 76.0 Å². The molecule has 6 heteroatoms. The summed E-state index contributed by atoms with van der Waals surface area (Å²) in [6.07, 6.45) is 1.62. The predicted octanol–water partition coefficient (Wildman–Crippen LogP) is 3.93. The molecular formula is C17H14Cl2N2O2. The van der Waals surface area contributed by atoms with Gasteiger partial charge in [0.2, 0.25) is 5.91 Å². The number of halogens is 2. The maximum atomic E-state index is 11.2. The van der Waals surface area contributed by atoms with E-state index in [4.69, 9.17) is 28.9 Å². The second kappa shape index (κ2) is 7.31. The fourth-order valence-corrected chi connectivity index (χ4v) is 2.36. The van der Waals surface area contributed by atoms with Crippen LogP contribution in [0.5, 0.6) is 0 Å². The minimum atomic E-state index is -0.440. The number of nitrogens with one attached hydrogen (secondary N) is 1. The van der Waals surface area contributed by atoms with Gasteiger partial charge in [-0.3, -0.25) is 9.59 Å². The molecule has 1 heterocycles. The van der Waals surface area contributed by atoms with Gasteiger partial charge in [0.05, 0.1) is 0 Å². The Morgan fingerprint density at radius 2 is 1.70 bits per heavy atom. The lowest BCUT2D eigenvalue weighted by Gasteiger charge is -2.00. The number of aryl methyl sites for hydroxylation is 1. The molecule has 0 aliphatic rings. The second-order valence-electron chi connectivity index (χ2n) is 4.86. The van der Waals surface area contributed by atoms with Crippen molar-refractivity contribution in [2.45, 2.75) is 6.92 Å². The summed E-state index contributed by atoms with van der Waals surface area (Å²) < 4.78 is 0. The Balaban J connectivity index is 0.000000168. The van der Waals surface area contributed by atoms with Crippen LogP contribution in [0.4, 0.5) is 0 Å². The molecule has 3 rings (SSSR count). The Hall–Kier alpha value is -2.30. The highest BCUT2D eigenvalue weighted by molar-refractivity contribution is 6.31. The summed E-state index contributed by atoms with van der Waals surface area (Å²) in [5.41, 5.74) is 6.32. The van der Waals surface area contributed by atoms with Gasteiger partial charge in [-0.15, -0.1) is 0 Å². The van der Waals surface area contributed by atoms with Crippen molar-refractivity contribution < 1.29 is 4.79 Å². The molecule has 0 saturated carbocycles. The number of carbonyl (C=O) groups excluding carboxylic acids is 1. The summed E-state index contributed by atoms with van der Waals surface area (Å²) in [4.78, 5) is 24.5. The van der Waals surface area contributed by atoms with Crippen molar-refractivity contribution in [1.82, 2.24) is 4.98 Å². The summed E-state index contributed by atoms with van der Waals surface area (Å²) in [6.45, 7) is 1.82. The van der Waals surface area contributed by atoms with E-state index in [1.807, 2.05) is 19.1 Å². The van der Waals surface area contributed by atoms with E-state index >= 15 is 0 Å². The Labute approximate surface area is 142 Å². The molecular weight excluding hydrogens is 335 g/mol. The van der Waals surface area contributed by atoms with Crippen molar-refractivity contribution in [3.05, 3.63) is 80.2 Å². The Morgan fingerprint density at radius 1 is 1.04 bits per heavy atom. The summed E-state index contributed by atoms with van der Waals surface area (Å²) in [5.74, 6) is -0.440. The Bertz CT molecular complexity index is 920. The molecule has 23 heavy (non-hydrogen) atoms. The zero-order valence-electron chi connectivity index (χ0n) is 12.3. The van der Waals surface area contributed by atoms with Crippen molar-refractivity contribution in [2.24, 2.45) is 5.73 Å². The largest absolute Gasteiger partial charge is 0.366 e. The molecule has 1 aromatic heterocycles. The second-order valence-corrected chi connectivity index (χ2v) is 5.73. The summed E-state index contributed by atoms with van der Waals surface area (Å²) in [6, 6.07) is 12.2. The minimum Gasteiger partial charge on any atom is -0.366 e. The predicted molar refractivity (Wildman–Crippen MR) is 94.3 cm³/mol. The maximum Gasteiger partial charge on any atom is 0.255 e. The zero-order chi connectivity index (χ0) is 17.0. The van der Waals surface area contributed by atoms with Crippen molar-refractivity contribution in [3.63, 3.8) is 0 Å². The van der Waals surface area contributed by atoms with E-state index in [2.05, 4.69) is 4.98 Å². The number of benzene rings is 2. The summed E-state index contributed by atoms with van der Waals surface area (Å²) in [7, 11) is 0. The molecule has 0 aliphatic carbocycles. The molecule has 3 aromatic rings. The highest BCUT2D eigenvalue weighted by atomic mass is 35.5. The third kappa shape index (κ3) is 4.34. The average molecular weight is 349 g/mol. The van der Waals surface area contributed by atoms with Crippen molar-refractivity contribution in [1.29, 1.82) is 0 Å². The smallest absolute Gasteiger partial charge is 0.255 e. The van der Waals surface area contributed by atoms with Gasteiger partial charge >= 0.3 is 0 Å². The molecule has 0 fully saturated rings. The van der Waals surface area contributed by atoms with E-state index in [9.17, 15) is 9.59 Å². The molecule has 4 nitrogen and oxygen atoms in total. The van der Waals surface area contributed by atoms with Crippen LogP contribution in [0.25, 0.3) is 10.8 Å².